The first kappa shape index (κ1) is 21.0. The molecule has 0 aliphatic rings. The number of aryl methyl sites for hydroxylation is 1. The smallest absolute Gasteiger partial charge is 0.249 e. The van der Waals surface area contributed by atoms with Crippen molar-refractivity contribution in [1.82, 2.24) is 19.9 Å². The molecule has 0 saturated carbocycles. The van der Waals surface area contributed by atoms with Crippen molar-refractivity contribution in [3.05, 3.63) is 83.2 Å². The first-order valence-electron chi connectivity index (χ1n) is 10.2. The van der Waals surface area contributed by atoms with Gasteiger partial charge in [-0.2, -0.15) is 4.98 Å². The van der Waals surface area contributed by atoms with Gasteiger partial charge in [0.1, 0.15) is 5.82 Å². The SMILES string of the molecule is CC(=O)NCc1cnc(-n2c(C)cc3c(C(N)=O)cccc32)nc1NCc1ccccc1. The molecule has 2 aromatic heterocycles. The van der Waals surface area contributed by atoms with E-state index in [0.717, 1.165) is 27.7 Å². The highest BCUT2D eigenvalue weighted by Crippen LogP contribution is 2.26. The van der Waals surface area contributed by atoms with Crippen molar-refractivity contribution in [2.75, 3.05) is 5.32 Å². The fourth-order valence-electron chi connectivity index (χ4n) is 3.63. The topological polar surface area (TPSA) is 115 Å². The van der Waals surface area contributed by atoms with Crippen LogP contribution in [0.3, 0.4) is 0 Å². The molecule has 0 fully saturated rings. The molecule has 4 aromatic rings. The Balaban J connectivity index is 1.76. The van der Waals surface area contributed by atoms with Crippen LogP contribution >= 0.6 is 0 Å². The van der Waals surface area contributed by atoms with Crippen LogP contribution in [0.5, 0.6) is 0 Å². The molecule has 8 nitrogen and oxygen atoms in total. The summed E-state index contributed by atoms with van der Waals surface area (Å²) in [6.07, 6.45) is 1.70. The van der Waals surface area contributed by atoms with E-state index in [9.17, 15) is 9.59 Å². The summed E-state index contributed by atoms with van der Waals surface area (Å²) in [6.45, 7) is 4.28. The molecular weight excluding hydrogens is 404 g/mol. The lowest BCUT2D eigenvalue weighted by atomic mass is 10.1. The molecule has 0 spiro atoms. The van der Waals surface area contributed by atoms with Gasteiger partial charge in [-0.3, -0.25) is 14.2 Å². The molecule has 0 aliphatic heterocycles. The van der Waals surface area contributed by atoms with Gasteiger partial charge in [0.25, 0.3) is 0 Å². The minimum atomic E-state index is -0.482. The Hall–Kier alpha value is -4.20. The Bertz CT molecular complexity index is 1300. The average Bonchev–Trinajstić information content (AvgIpc) is 3.12. The van der Waals surface area contributed by atoms with E-state index < -0.39 is 5.91 Å². The van der Waals surface area contributed by atoms with E-state index >= 15 is 0 Å². The van der Waals surface area contributed by atoms with Crippen molar-refractivity contribution in [2.24, 2.45) is 5.73 Å². The first-order chi connectivity index (χ1) is 15.4. The number of hydrogen-bond acceptors (Lipinski definition) is 5. The summed E-state index contributed by atoms with van der Waals surface area (Å²) in [5.41, 5.74) is 9.54. The predicted molar refractivity (Wildman–Crippen MR) is 123 cm³/mol. The Kier molecular flexibility index (Phi) is 5.85. The quantitative estimate of drug-likeness (QED) is 0.418. The van der Waals surface area contributed by atoms with Gasteiger partial charge < -0.3 is 16.4 Å². The fourth-order valence-corrected chi connectivity index (χ4v) is 3.63. The van der Waals surface area contributed by atoms with Gasteiger partial charge in [-0.05, 0) is 30.7 Å². The highest BCUT2D eigenvalue weighted by atomic mass is 16.1. The lowest BCUT2D eigenvalue weighted by Gasteiger charge is -2.14. The number of benzene rings is 2. The molecule has 4 rings (SSSR count). The third-order valence-electron chi connectivity index (χ3n) is 5.18. The van der Waals surface area contributed by atoms with Gasteiger partial charge in [0.15, 0.2) is 0 Å². The Morgan fingerprint density at radius 2 is 1.84 bits per heavy atom. The molecule has 0 aliphatic carbocycles. The number of carbonyl (C=O) groups excluding carboxylic acids is 2. The number of nitrogens with one attached hydrogen (secondary N) is 2. The van der Waals surface area contributed by atoms with Gasteiger partial charge in [-0.1, -0.05) is 36.4 Å². The summed E-state index contributed by atoms with van der Waals surface area (Å²) in [4.78, 5) is 32.6. The second-order valence-electron chi connectivity index (χ2n) is 7.52. The zero-order chi connectivity index (χ0) is 22.7. The summed E-state index contributed by atoms with van der Waals surface area (Å²) < 4.78 is 1.89. The highest BCUT2D eigenvalue weighted by Gasteiger charge is 2.16. The van der Waals surface area contributed by atoms with Crippen LogP contribution in [-0.4, -0.2) is 26.3 Å². The maximum absolute atomic E-state index is 11.9. The van der Waals surface area contributed by atoms with Crippen LogP contribution in [0, 0.1) is 6.92 Å². The molecule has 0 bridgehead atoms. The second-order valence-corrected chi connectivity index (χ2v) is 7.52. The van der Waals surface area contributed by atoms with Crippen LogP contribution in [0.4, 0.5) is 5.82 Å². The zero-order valence-corrected chi connectivity index (χ0v) is 17.9. The molecular formula is C24H24N6O2. The van der Waals surface area contributed by atoms with E-state index in [-0.39, 0.29) is 5.91 Å². The summed E-state index contributed by atoms with van der Waals surface area (Å²) >= 11 is 0. The number of hydrogen-bond donors (Lipinski definition) is 3. The molecule has 162 valence electrons. The molecule has 8 heteroatoms. The molecule has 4 N–H and O–H groups in total. The van der Waals surface area contributed by atoms with E-state index in [1.807, 2.05) is 54.0 Å². The fraction of sp³-hybridized carbons (Fsp3) is 0.167. The number of carbonyl (C=O) groups is 2. The monoisotopic (exact) mass is 428 g/mol. The number of nitrogens with two attached hydrogens (primary N) is 1. The molecule has 32 heavy (non-hydrogen) atoms. The number of nitrogens with zero attached hydrogens (tertiary/aromatic N) is 3. The predicted octanol–water partition coefficient (Wildman–Crippen LogP) is 3.08. The van der Waals surface area contributed by atoms with Crippen LogP contribution in [0.15, 0.2) is 60.8 Å². The average molecular weight is 428 g/mol. The van der Waals surface area contributed by atoms with Crippen molar-refractivity contribution in [3.63, 3.8) is 0 Å². The summed E-state index contributed by atoms with van der Waals surface area (Å²) in [5, 5.41) is 6.91. The van der Waals surface area contributed by atoms with Crippen molar-refractivity contribution in [3.8, 4) is 5.95 Å². The molecule has 2 heterocycles. The van der Waals surface area contributed by atoms with Crippen molar-refractivity contribution in [1.29, 1.82) is 0 Å². The molecule has 0 unspecified atom stereocenters. The number of fused-ring (bicyclic) bond motifs is 1. The Morgan fingerprint density at radius 1 is 1.06 bits per heavy atom. The van der Waals surface area contributed by atoms with Crippen molar-refractivity contribution >= 4 is 28.5 Å². The number of amides is 2. The lowest BCUT2D eigenvalue weighted by Crippen LogP contribution is -2.21. The minimum Gasteiger partial charge on any atom is -0.366 e. The second kappa shape index (κ2) is 8.89. The Morgan fingerprint density at radius 3 is 2.56 bits per heavy atom. The molecule has 0 saturated heterocycles. The van der Waals surface area contributed by atoms with Gasteiger partial charge in [0.05, 0.1) is 5.52 Å². The Labute approximate surface area is 185 Å². The van der Waals surface area contributed by atoms with Crippen LogP contribution in [-0.2, 0) is 17.9 Å². The first-order valence-corrected chi connectivity index (χ1v) is 10.2. The van der Waals surface area contributed by atoms with E-state index in [4.69, 9.17) is 10.7 Å². The van der Waals surface area contributed by atoms with E-state index in [2.05, 4.69) is 15.6 Å². The van der Waals surface area contributed by atoms with Gasteiger partial charge in [0, 0.05) is 48.4 Å². The molecule has 0 atom stereocenters. The molecule has 2 aromatic carbocycles. The number of anilines is 1. The van der Waals surface area contributed by atoms with E-state index in [0.29, 0.717) is 30.4 Å². The number of rotatable bonds is 7. The molecule has 2 amide bonds. The van der Waals surface area contributed by atoms with E-state index in [1.165, 1.54) is 6.92 Å². The summed E-state index contributed by atoms with van der Waals surface area (Å²) in [7, 11) is 0. The normalized spacial score (nSPS) is 10.8. The van der Waals surface area contributed by atoms with Gasteiger partial charge in [0.2, 0.25) is 17.8 Å². The van der Waals surface area contributed by atoms with E-state index in [1.54, 1.807) is 18.3 Å². The lowest BCUT2D eigenvalue weighted by molar-refractivity contribution is -0.119. The number of primary amides is 1. The van der Waals surface area contributed by atoms with Crippen LogP contribution in [0.2, 0.25) is 0 Å². The van der Waals surface area contributed by atoms with Gasteiger partial charge in [-0.25, -0.2) is 4.98 Å². The van der Waals surface area contributed by atoms with Crippen LogP contribution < -0.4 is 16.4 Å². The van der Waals surface area contributed by atoms with Crippen molar-refractivity contribution in [2.45, 2.75) is 26.9 Å². The molecule has 0 radical (unpaired) electrons. The summed E-state index contributed by atoms with van der Waals surface area (Å²) in [5.74, 6) is 0.472. The van der Waals surface area contributed by atoms with Gasteiger partial charge >= 0.3 is 0 Å². The third-order valence-corrected chi connectivity index (χ3v) is 5.18. The third kappa shape index (κ3) is 4.29. The zero-order valence-electron chi connectivity index (χ0n) is 17.9. The van der Waals surface area contributed by atoms with Crippen molar-refractivity contribution < 1.29 is 9.59 Å². The van der Waals surface area contributed by atoms with Crippen LogP contribution in [0.1, 0.15) is 34.1 Å². The number of aromatic nitrogens is 3. The van der Waals surface area contributed by atoms with Gasteiger partial charge in [-0.15, -0.1) is 0 Å². The minimum absolute atomic E-state index is 0.130. The largest absolute Gasteiger partial charge is 0.366 e. The summed E-state index contributed by atoms with van der Waals surface area (Å²) in [6, 6.07) is 17.3. The van der Waals surface area contributed by atoms with Crippen LogP contribution in [0.25, 0.3) is 16.9 Å². The highest BCUT2D eigenvalue weighted by molar-refractivity contribution is 6.06. The standard InChI is InChI=1S/C24H24N6O2/c1-15-11-20-19(22(25)32)9-6-10-21(20)30(15)24-28-14-18(13-26-16(2)31)23(29-24)27-12-17-7-4-3-5-8-17/h3-11,14H,12-13H2,1-2H3,(H2,25,32)(H,26,31)(H,27,28,29). The maximum Gasteiger partial charge on any atom is 0.249 e. The maximum atomic E-state index is 11.9.